The molecule has 100 valence electrons. The van der Waals surface area contributed by atoms with Crippen molar-refractivity contribution < 1.29 is 14.3 Å². The molecule has 0 aliphatic heterocycles. The molecule has 20 heavy (non-hydrogen) atoms. The molecule has 2 heterocycles. The molecule has 3 aromatic rings. The van der Waals surface area contributed by atoms with Gasteiger partial charge in [0.25, 0.3) is 0 Å². The van der Waals surface area contributed by atoms with Gasteiger partial charge >= 0.3 is 5.97 Å². The van der Waals surface area contributed by atoms with E-state index in [4.69, 9.17) is 9.52 Å². The molecule has 1 N–H and O–H groups in total. The van der Waals surface area contributed by atoms with E-state index in [1.165, 1.54) is 12.1 Å². The van der Waals surface area contributed by atoms with E-state index < -0.39 is 5.97 Å². The van der Waals surface area contributed by atoms with Crippen molar-refractivity contribution in [2.45, 2.75) is 0 Å². The number of benzene rings is 1. The fraction of sp³-hybridized carbons (Fsp3) is 0. The van der Waals surface area contributed by atoms with Crippen molar-refractivity contribution in [3.63, 3.8) is 0 Å². The minimum atomic E-state index is -0.987. The first-order chi connectivity index (χ1) is 9.63. The molecule has 0 fully saturated rings. The first-order valence-electron chi connectivity index (χ1n) is 5.55. The van der Waals surface area contributed by atoms with Crippen molar-refractivity contribution in [2.75, 3.05) is 0 Å². The largest absolute Gasteiger partial charge is 0.478 e. The summed E-state index contributed by atoms with van der Waals surface area (Å²) in [7, 11) is 0. The van der Waals surface area contributed by atoms with E-state index in [-0.39, 0.29) is 5.56 Å². The van der Waals surface area contributed by atoms with Crippen molar-refractivity contribution in [3.05, 3.63) is 44.2 Å². The maximum absolute atomic E-state index is 10.9. The van der Waals surface area contributed by atoms with Gasteiger partial charge in [0.1, 0.15) is 0 Å². The number of hydrogen-bond donors (Lipinski definition) is 1. The minimum absolute atomic E-state index is 0.187. The van der Waals surface area contributed by atoms with Crippen LogP contribution in [0.25, 0.3) is 22.9 Å². The van der Waals surface area contributed by atoms with E-state index >= 15 is 0 Å². The minimum Gasteiger partial charge on any atom is -0.478 e. The average molecular weight is 398 g/mol. The molecule has 0 bridgehead atoms. The summed E-state index contributed by atoms with van der Waals surface area (Å²) in [6, 6.07) is 8.37. The fourth-order valence-corrected chi connectivity index (χ4v) is 2.98. The summed E-state index contributed by atoms with van der Waals surface area (Å²) in [5, 5.41) is 18.9. The standard InChI is InChI=1S/C13H7IN2O3S/c14-10-5-9(6-20-10)12-16-15-11(19-12)7-2-1-3-8(4-7)13(17)18/h1-6H,(H,17,18). The Balaban J connectivity index is 1.98. The van der Waals surface area contributed by atoms with Crippen LogP contribution in [0.3, 0.4) is 0 Å². The molecule has 1 aromatic carbocycles. The zero-order valence-corrected chi connectivity index (χ0v) is 12.9. The third kappa shape index (κ3) is 2.59. The molecular weight excluding hydrogens is 391 g/mol. The van der Waals surface area contributed by atoms with Crippen LogP contribution < -0.4 is 0 Å². The van der Waals surface area contributed by atoms with Crippen molar-refractivity contribution in [3.8, 4) is 22.9 Å². The van der Waals surface area contributed by atoms with Gasteiger partial charge in [0, 0.05) is 10.9 Å². The molecule has 0 amide bonds. The molecule has 0 atom stereocenters. The van der Waals surface area contributed by atoms with Crippen molar-refractivity contribution in [1.82, 2.24) is 10.2 Å². The van der Waals surface area contributed by atoms with Crippen LogP contribution in [0.1, 0.15) is 10.4 Å². The van der Waals surface area contributed by atoms with Crippen LogP contribution in [-0.4, -0.2) is 21.3 Å². The van der Waals surface area contributed by atoms with Gasteiger partial charge in [-0.15, -0.1) is 21.5 Å². The van der Waals surface area contributed by atoms with E-state index in [1.54, 1.807) is 23.5 Å². The number of aromatic carboxylic acids is 1. The highest BCUT2D eigenvalue weighted by Crippen LogP contribution is 2.28. The smallest absolute Gasteiger partial charge is 0.335 e. The van der Waals surface area contributed by atoms with Crippen molar-refractivity contribution >= 4 is 39.9 Å². The third-order valence-electron chi connectivity index (χ3n) is 2.60. The summed E-state index contributed by atoms with van der Waals surface area (Å²) in [5.74, 6) is -0.247. The number of hydrogen-bond acceptors (Lipinski definition) is 5. The Bertz CT molecular complexity index is 781. The highest BCUT2D eigenvalue weighted by atomic mass is 127. The topological polar surface area (TPSA) is 76.2 Å². The summed E-state index contributed by atoms with van der Waals surface area (Å²) in [4.78, 5) is 10.9. The van der Waals surface area contributed by atoms with E-state index in [2.05, 4.69) is 32.8 Å². The summed E-state index contributed by atoms with van der Waals surface area (Å²) >= 11 is 3.81. The van der Waals surface area contributed by atoms with Crippen LogP contribution in [0.2, 0.25) is 0 Å². The lowest BCUT2D eigenvalue weighted by Crippen LogP contribution is -1.95. The highest BCUT2D eigenvalue weighted by Gasteiger charge is 2.13. The maximum atomic E-state index is 10.9. The first-order valence-corrected chi connectivity index (χ1v) is 7.51. The van der Waals surface area contributed by atoms with Gasteiger partial charge in [0.05, 0.1) is 14.0 Å². The Morgan fingerprint density at radius 3 is 2.60 bits per heavy atom. The van der Waals surface area contributed by atoms with Gasteiger partial charge in [-0.25, -0.2) is 4.79 Å². The van der Waals surface area contributed by atoms with Crippen molar-refractivity contribution in [1.29, 1.82) is 0 Å². The lowest BCUT2D eigenvalue weighted by Gasteiger charge is -1.97. The molecule has 0 aliphatic rings. The summed E-state index contributed by atoms with van der Waals surface area (Å²) in [5.41, 5.74) is 1.65. The number of carboxylic acid groups (broad SMARTS) is 1. The molecule has 0 spiro atoms. The molecule has 0 radical (unpaired) electrons. The third-order valence-corrected chi connectivity index (χ3v) is 4.38. The van der Waals surface area contributed by atoms with Gasteiger partial charge in [0.2, 0.25) is 11.8 Å². The van der Waals surface area contributed by atoms with Crippen LogP contribution in [0.15, 0.2) is 40.1 Å². The maximum Gasteiger partial charge on any atom is 0.335 e. The lowest BCUT2D eigenvalue weighted by molar-refractivity contribution is 0.0697. The summed E-state index contributed by atoms with van der Waals surface area (Å²) in [6.45, 7) is 0. The Kier molecular flexibility index (Phi) is 3.53. The number of halogens is 1. The highest BCUT2D eigenvalue weighted by molar-refractivity contribution is 14.1. The monoisotopic (exact) mass is 398 g/mol. The Morgan fingerprint density at radius 1 is 1.20 bits per heavy atom. The van der Waals surface area contributed by atoms with Gasteiger partial charge in [0.15, 0.2) is 0 Å². The molecule has 2 aromatic heterocycles. The average Bonchev–Trinajstić information content (AvgIpc) is 3.07. The van der Waals surface area contributed by atoms with Crippen LogP contribution >= 0.6 is 33.9 Å². The Morgan fingerprint density at radius 2 is 1.95 bits per heavy atom. The van der Waals surface area contributed by atoms with Crippen LogP contribution in [0.4, 0.5) is 0 Å². The van der Waals surface area contributed by atoms with E-state index in [1.807, 2.05) is 11.4 Å². The second-order valence-electron chi connectivity index (χ2n) is 3.94. The van der Waals surface area contributed by atoms with Crippen molar-refractivity contribution in [2.24, 2.45) is 0 Å². The van der Waals surface area contributed by atoms with E-state index in [0.717, 1.165) is 8.45 Å². The Labute approximate surface area is 131 Å². The summed E-state index contributed by atoms with van der Waals surface area (Å²) < 4.78 is 6.72. The Hall–Kier alpha value is -1.74. The first kappa shape index (κ1) is 13.3. The second-order valence-corrected chi connectivity index (χ2v) is 6.74. The number of rotatable bonds is 3. The normalized spacial score (nSPS) is 10.7. The van der Waals surface area contributed by atoms with Crippen LogP contribution in [0.5, 0.6) is 0 Å². The number of aromatic nitrogens is 2. The predicted molar refractivity (Wildman–Crippen MR) is 82.7 cm³/mol. The SMILES string of the molecule is O=C(O)c1cccc(-c2nnc(-c3csc(I)c3)o2)c1. The summed E-state index contributed by atoms with van der Waals surface area (Å²) in [6.07, 6.45) is 0. The molecule has 0 aliphatic carbocycles. The molecular formula is C13H7IN2O3S. The predicted octanol–water partition coefficient (Wildman–Crippen LogP) is 3.77. The van der Waals surface area contributed by atoms with Crippen LogP contribution in [0, 0.1) is 2.88 Å². The quantitative estimate of drug-likeness (QED) is 0.680. The van der Waals surface area contributed by atoms with Gasteiger partial charge in [-0.05, 0) is 46.9 Å². The lowest BCUT2D eigenvalue weighted by atomic mass is 10.1. The van der Waals surface area contributed by atoms with Gasteiger partial charge in [-0.3, -0.25) is 0 Å². The number of nitrogens with zero attached hydrogens (tertiary/aromatic N) is 2. The van der Waals surface area contributed by atoms with Gasteiger partial charge < -0.3 is 9.52 Å². The molecule has 0 saturated heterocycles. The van der Waals surface area contributed by atoms with Gasteiger partial charge in [-0.2, -0.15) is 0 Å². The molecule has 0 saturated carbocycles. The zero-order valence-electron chi connectivity index (χ0n) is 9.91. The fourth-order valence-electron chi connectivity index (χ4n) is 1.66. The molecule has 3 rings (SSSR count). The molecule has 5 nitrogen and oxygen atoms in total. The number of thiophene rings is 1. The van der Waals surface area contributed by atoms with E-state index in [0.29, 0.717) is 17.3 Å². The van der Waals surface area contributed by atoms with Crippen LogP contribution in [-0.2, 0) is 0 Å². The second kappa shape index (κ2) is 5.33. The van der Waals surface area contributed by atoms with Gasteiger partial charge in [-0.1, -0.05) is 6.07 Å². The van der Waals surface area contributed by atoms with E-state index in [9.17, 15) is 4.79 Å². The number of carbonyl (C=O) groups is 1. The molecule has 7 heteroatoms. The zero-order chi connectivity index (χ0) is 14.1. The molecule has 0 unspecified atom stereocenters. The number of carboxylic acids is 1.